The summed E-state index contributed by atoms with van der Waals surface area (Å²) in [7, 11) is 0. The number of carboxylic acid groups (broad SMARTS) is 1. The second kappa shape index (κ2) is 5.63. The quantitative estimate of drug-likeness (QED) is 0.755. The van der Waals surface area contributed by atoms with Crippen molar-refractivity contribution < 1.29 is 20.1 Å². The van der Waals surface area contributed by atoms with Crippen molar-refractivity contribution in [3.63, 3.8) is 0 Å². The monoisotopic (exact) mass is 292 g/mol. The van der Waals surface area contributed by atoms with Crippen molar-refractivity contribution in [1.82, 2.24) is 0 Å². The maximum absolute atomic E-state index is 10.8. The molecule has 0 saturated carbocycles. The summed E-state index contributed by atoms with van der Waals surface area (Å²) in [5.41, 5.74) is 0.712. The van der Waals surface area contributed by atoms with Crippen molar-refractivity contribution in [3.8, 4) is 0 Å². The van der Waals surface area contributed by atoms with Crippen LogP contribution in [0.4, 0.5) is 0 Å². The molecule has 5 heteroatoms. The number of halogens is 1. The minimum Gasteiger partial charge on any atom is -0.481 e. The Morgan fingerprint density at radius 3 is 2.25 bits per heavy atom. The zero-order valence-corrected chi connectivity index (χ0v) is 11.2. The third-order valence-electron chi connectivity index (χ3n) is 2.98. The van der Waals surface area contributed by atoms with Crippen LogP contribution < -0.4 is 0 Å². The smallest absolute Gasteiger partial charge is 0.307 e. The zero-order valence-electron chi connectivity index (χ0n) is 10.5. The molecular weight excluding hydrogens is 280 g/mol. The van der Waals surface area contributed by atoms with E-state index in [2.05, 4.69) is 0 Å². The van der Waals surface area contributed by atoms with Crippen molar-refractivity contribution in [2.45, 2.75) is 12.2 Å². The van der Waals surface area contributed by atoms with Gasteiger partial charge in [-0.3, -0.25) is 4.79 Å². The lowest BCUT2D eigenvalue weighted by Gasteiger charge is -2.25. The number of rotatable bonds is 4. The fraction of sp³-hybridized carbons (Fsp3) is 0.133. The van der Waals surface area contributed by atoms with Crippen LogP contribution in [0.5, 0.6) is 0 Å². The maximum Gasteiger partial charge on any atom is 0.307 e. The summed E-state index contributed by atoms with van der Waals surface area (Å²) in [5.74, 6) is -3.30. The lowest BCUT2D eigenvalue weighted by atomic mass is 9.92. The zero-order chi connectivity index (χ0) is 14.8. The highest BCUT2D eigenvalue weighted by molar-refractivity contribution is 6.30. The Morgan fingerprint density at radius 2 is 1.65 bits per heavy atom. The first kappa shape index (κ1) is 14.5. The van der Waals surface area contributed by atoms with Crippen molar-refractivity contribution in [1.29, 1.82) is 0 Å². The highest BCUT2D eigenvalue weighted by Crippen LogP contribution is 2.30. The molecule has 0 radical (unpaired) electrons. The number of hydrogen-bond donors (Lipinski definition) is 3. The number of aliphatic hydroxyl groups is 2. The minimum absolute atomic E-state index is 0.143. The van der Waals surface area contributed by atoms with Gasteiger partial charge in [0.05, 0.1) is 6.42 Å². The van der Waals surface area contributed by atoms with Crippen LogP contribution in [0, 0.1) is 0 Å². The highest BCUT2D eigenvalue weighted by Gasteiger charge is 2.31. The molecule has 0 spiro atoms. The molecule has 0 atom stereocenters. The van der Waals surface area contributed by atoms with E-state index in [0.29, 0.717) is 10.6 Å². The number of aliphatic carboxylic acids is 1. The molecule has 20 heavy (non-hydrogen) atoms. The topological polar surface area (TPSA) is 77.8 Å². The van der Waals surface area contributed by atoms with Crippen LogP contribution in [-0.2, 0) is 17.0 Å². The normalized spacial score (nSPS) is 11.3. The first-order valence-corrected chi connectivity index (χ1v) is 6.30. The minimum atomic E-state index is -2.27. The SMILES string of the molecule is O=C(O)Cc1ccccc1C(O)(O)c1ccc(Cl)cc1. The fourth-order valence-corrected chi connectivity index (χ4v) is 2.14. The lowest BCUT2D eigenvalue weighted by Crippen LogP contribution is -2.28. The van der Waals surface area contributed by atoms with Crippen molar-refractivity contribution in [3.05, 3.63) is 70.2 Å². The Hall–Kier alpha value is -1.88. The van der Waals surface area contributed by atoms with Gasteiger partial charge >= 0.3 is 5.97 Å². The summed E-state index contributed by atoms with van der Waals surface area (Å²) >= 11 is 5.77. The average molecular weight is 293 g/mol. The summed E-state index contributed by atoms with van der Waals surface area (Å²) in [5, 5.41) is 30.1. The van der Waals surface area contributed by atoms with Gasteiger partial charge in [-0.15, -0.1) is 0 Å². The molecular formula is C15H13ClO4. The van der Waals surface area contributed by atoms with E-state index in [-0.39, 0.29) is 17.5 Å². The van der Waals surface area contributed by atoms with Crippen molar-refractivity contribution >= 4 is 17.6 Å². The van der Waals surface area contributed by atoms with E-state index in [9.17, 15) is 15.0 Å². The van der Waals surface area contributed by atoms with Crippen molar-refractivity contribution in [2.24, 2.45) is 0 Å². The molecule has 0 fully saturated rings. The van der Waals surface area contributed by atoms with Crippen LogP contribution in [-0.4, -0.2) is 21.3 Å². The van der Waals surface area contributed by atoms with Gasteiger partial charge in [-0.2, -0.15) is 0 Å². The van der Waals surface area contributed by atoms with Gasteiger partial charge in [0, 0.05) is 16.1 Å². The summed E-state index contributed by atoms with van der Waals surface area (Å²) in [6, 6.07) is 12.4. The number of carbonyl (C=O) groups is 1. The van der Waals surface area contributed by atoms with Crippen LogP contribution in [0.25, 0.3) is 0 Å². The number of hydrogen-bond acceptors (Lipinski definition) is 3. The molecule has 2 aromatic carbocycles. The van der Waals surface area contributed by atoms with Crippen LogP contribution in [0.3, 0.4) is 0 Å². The molecule has 0 aromatic heterocycles. The first-order valence-electron chi connectivity index (χ1n) is 5.92. The van der Waals surface area contributed by atoms with Crippen LogP contribution in [0.15, 0.2) is 48.5 Å². The molecule has 0 saturated heterocycles. The van der Waals surface area contributed by atoms with Crippen LogP contribution >= 0.6 is 11.6 Å². The van der Waals surface area contributed by atoms with E-state index in [0.717, 1.165) is 0 Å². The van der Waals surface area contributed by atoms with Crippen LogP contribution in [0.1, 0.15) is 16.7 Å². The summed E-state index contributed by atoms with van der Waals surface area (Å²) < 4.78 is 0. The van der Waals surface area contributed by atoms with Gasteiger partial charge in [-0.25, -0.2) is 0 Å². The average Bonchev–Trinajstić information content (AvgIpc) is 2.39. The Labute approximate surface area is 120 Å². The summed E-state index contributed by atoms with van der Waals surface area (Å²) in [6.45, 7) is 0. The molecule has 0 aliphatic carbocycles. The second-order valence-electron chi connectivity index (χ2n) is 4.41. The molecule has 0 amide bonds. The van der Waals surface area contributed by atoms with E-state index in [1.54, 1.807) is 18.2 Å². The van der Waals surface area contributed by atoms with Gasteiger partial charge < -0.3 is 15.3 Å². The number of benzene rings is 2. The second-order valence-corrected chi connectivity index (χ2v) is 4.84. The molecule has 104 valence electrons. The Kier molecular flexibility index (Phi) is 4.09. The lowest BCUT2D eigenvalue weighted by molar-refractivity contribution is -0.137. The molecule has 0 unspecified atom stereocenters. The predicted molar refractivity (Wildman–Crippen MR) is 74.5 cm³/mol. The first-order chi connectivity index (χ1) is 9.41. The van der Waals surface area contributed by atoms with Crippen molar-refractivity contribution in [2.75, 3.05) is 0 Å². The molecule has 2 aromatic rings. The van der Waals surface area contributed by atoms with Gasteiger partial charge in [0.2, 0.25) is 5.79 Å². The molecule has 4 nitrogen and oxygen atoms in total. The number of carboxylic acids is 1. The van der Waals surface area contributed by atoms with E-state index in [4.69, 9.17) is 16.7 Å². The predicted octanol–water partition coefficient (Wildman–Crippen LogP) is 2.15. The third kappa shape index (κ3) is 2.99. The summed E-state index contributed by atoms with van der Waals surface area (Å²) in [6.07, 6.45) is -0.285. The Morgan fingerprint density at radius 1 is 1.05 bits per heavy atom. The van der Waals surface area contributed by atoms with E-state index >= 15 is 0 Å². The van der Waals surface area contributed by atoms with E-state index < -0.39 is 11.8 Å². The molecule has 0 bridgehead atoms. The third-order valence-corrected chi connectivity index (χ3v) is 3.23. The molecule has 0 heterocycles. The van der Waals surface area contributed by atoms with Gasteiger partial charge in [0.1, 0.15) is 0 Å². The molecule has 3 N–H and O–H groups in total. The Balaban J connectivity index is 2.48. The highest BCUT2D eigenvalue weighted by atomic mass is 35.5. The molecule has 0 aliphatic heterocycles. The van der Waals surface area contributed by atoms with E-state index in [1.807, 2.05) is 0 Å². The summed E-state index contributed by atoms with van der Waals surface area (Å²) in [4.78, 5) is 10.8. The Bertz CT molecular complexity index is 620. The van der Waals surface area contributed by atoms with Crippen LogP contribution in [0.2, 0.25) is 5.02 Å². The molecule has 2 rings (SSSR count). The molecule has 0 aliphatic rings. The van der Waals surface area contributed by atoms with Gasteiger partial charge in [0.25, 0.3) is 0 Å². The van der Waals surface area contributed by atoms with Gasteiger partial charge in [-0.1, -0.05) is 48.0 Å². The fourth-order valence-electron chi connectivity index (χ4n) is 2.02. The largest absolute Gasteiger partial charge is 0.481 e. The van der Waals surface area contributed by atoms with Gasteiger partial charge in [0.15, 0.2) is 0 Å². The standard InChI is InChI=1S/C15H13ClO4/c16-12-7-5-11(6-8-12)15(19,20)13-4-2-1-3-10(13)9-14(17)18/h1-8,19-20H,9H2,(H,17,18). The maximum atomic E-state index is 10.8. The van der Waals surface area contributed by atoms with E-state index in [1.165, 1.54) is 30.3 Å². The van der Waals surface area contributed by atoms with Gasteiger partial charge in [-0.05, 0) is 17.7 Å².